The van der Waals surface area contributed by atoms with Crippen molar-refractivity contribution >= 4 is 23.1 Å². The topological polar surface area (TPSA) is 37.8 Å². The number of aromatic nitrogens is 2. The van der Waals surface area contributed by atoms with Crippen molar-refractivity contribution < 1.29 is 4.39 Å². The highest BCUT2D eigenvalue weighted by molar-refractivity contribution is 6.28. The van der Waals surface area contributed by atoms with Crippen LogP contribution in [0, 0.1) is 19.7 Å². The molecule has 17 heavy (non-hydrogen) atoms. The Morgan fingerprint density at radius 3 is 2.59 bits per heavy atom. The molecule has 1 N–H and O–H groups in total. The molecule has 0 amide bonds. The van der Waals surface area contributed by atoms with Gasteiger partial charge in [0.2, 0.25) is 5.28 Å². The Morgan fingerprint density at radius 2 is 1.88 bits per heavy atom. The van der Waals surface area contributed by atoms with Gasteiger partial charge < -0.3 is 5.32 Å². The first-order valence-corrected chi connectivity index (χ1v) is 5.48. The summed E-state index contributed by atoms with van der Waals surface area (Å²) in [5, 5.41) is 2.94. The maximum absolute atomic E-state index is 13.8. The minimum Gasteiger partial charge on any atom is -0.337 e. The summed E-state index contributed by atoms with van der Waals surface area (Å²) in [6.07, 6.45) is 0. The van der Waals surface area contributed by atoms with Gasteiger partial charge in [-0.15, -0.1) is 0 Å². The van der Waals surface area contributed by atoms with Gasteiger partial charge in [0.15, 0.2) is 11.6 Å². The molecule has 1 aromatic heterocycles. The highest BCUT2D eigenvalue weighted by Crippen LogP contribution is 2.23. The van der Waals surface area contributed by atoms with Gasteiger partial charge in [-0.05, 0) is 37.1 Å². The third-order valence-corrected chi connectivity index (χ3v) is 2.56. The number of hydrogen-bond acceptors (Lipinski definition) is 3. The number of benzene rings is 1. The lowest BCUT2D eigenvalue weighted by Crippen LogP contribution is -2.02. The van der Waals surface area contributed by atoms with E-state index in [1.807, 2.05) is 31.2 Å². The molecule has 2 aromatic rings. The van der Waals surface area contributed by atoms with E-state index in [1.54, 1.807) is 6.92 Å². The van der Waals surface area contributed by atoms with E-state index in [9.17, 15) is 4.39 Å². The minimum absolute atomic E-state index is 0.0278. The fraction of sp³-hybridized carbons (Fsp3) is 0.167. The summed E-state index contributed by atoms with van der Waals surface area (Å²) in [5.41, 5.74) is 2.01. The molecule has 5 heteroatoms. The van der Waals surface area contributed by atoms with E-state index >= 15 is 0 Å². The zero-order chi connectivity index (χ0) is 12.4. The van der Waals surface area contributed by atoms with Gasteiger partial charge in [-0.1, -0.05) is 18.2 Å². The van der Waals surface area contributed by atoms with E-state index in [0.29, 0.717) is 0 Å². The van der Waals surface area contributed by atoms with Crippen LogP contribution in [0.3, 0.4) is 0 Å². The summed E-state index contributed by atoms with van der Waals surface area (Å²) in [4.78, 5) is 7.58. The standard InChI is InChI=1S/C12H11ClFN3/c1-7-5-3-4-6-9(7)16-11-10(14)8(2)15-12(13)17-11/h3-6H,1-2H3,(H,15,16,17). The van der Waals surface area contributed by atoms with Gasteiger partial charge in [0.05, 0.1) is 5.69 Å². The average molecular weight is 252 g/mol. The van der Waals surface area contributed by atoms with Gasteiger partial charge in [-0.25, -0.2) is 9.37 Å². The molecule has 88 valence electrons. The summed E-state index contributed by atoms with van der Waals surface area (Å²) in [6, 6.07) is 7.55. The van der Waals surface area contributed by atoms with E-state index < -0.39 is 5.82 Å². The molecule has 2 rings (SSSR count). The maximum atomic E-state index is 13.8. The molecule has 0 bridgehead atoms. The van der Waals surface area contributed by atoms with Crippen LogP contribution in [0.5, 0.6) is 0 Å². The molecule has 0 aliphatic carbocycles. The number of hydrogen-bond donors (Lipinski definition) is 1. The quantitative estimate of drug-likeness (QED) is 0.829. The second-order valence-corrected chi connectivity index (χ2v) is 4.02. The summed E-state index contributed by atoms with van der Waals surface area (Å²) >= 11 is 5.70. The van der Waals surface area contributed by atoms with Crippen LogP contribution in [0.15, 0.2) is 24.3 Å². The molecule has 1 heterocycles. The van der Waals surface area contributed by atoms with Crippen molar-refractivity contribution in [1.82, 2.24) is 9.97 Å². The van der Waals surface area contributed by atoms with Crippen molar-refractivity contribution in [3.05, 3.63) is 46.6 Å². The molecule has 0 saturated carbocycles. The van der Waals surface area contributed by atoms with Crippen molar-refractivity contribution in [2.75, 3.05) is 5.32 Å². The van der Waals surface area contributed by atoms with Gasteiger partial charge in [0.1, 0.15) is 0 Å². The highest BCUT2D eigenvalue weighted by Gasteiger charge is 2.11. The number of aryl methyl sites for hydroxylation is 2. The third-order valence-electron chi connectivity index (χ3n) is 2.39. The first kappa shape index (κ1) is 11.8. The van der Waals surface area contributed by atoms with E-state index in [2.05, 4.69) is 15.3 Å². The number of nitrogens with zero attached hydrogens (tertiary/aromatic N) is 2. The van der Waals surface area contributed by atoms with E-state index in [4.69, 9.17) is 11.6 Å². The van der Waals surface area contributed by atoms with Gasteiger partial charge in [-0.3, -0.25) is 0 Å². The van der Waals surface area contributed by atoms with Crippen LogP contribution in [0.4, 0.5) is 15.9 Å². The van der Waals surface area contributed by atoms with Crippen LogP contribution in [0.2, 0.25) is 5.28 Å². The fourth-order valence-electron chi connectivity index (χ4n) is 1.45. The second kappa shape index (κ2) is 4.67. The van der Waals surface area contributed by atoms with Crippen molar-refractivity contribution in [2.45, 2.75) is 13.8 Å². The molecular formula is C12H11ClFN3. The lowest BCUT2D eigenvalue weighted by atomic mass is 10.2. The molecule has 0 spiro atoms. The van der Waals surface area contributed by atoms with Crippen LogP contribution in [-0.2, 0) is 0 Å². The summed E-state index contributed by atoms with van der Waals surface area (Å²) < 4.78 is 13.8. The summed E-state index contributed by atoms with van der Waals surface area (Å²) in [5.74, 6) is -0.394. The molecule has 3 nitrogen and oxygen atoms in total. The Balaban J connectivity index is 2.40. The molecular weight excluding hydrogens is 241 g/mol. The molecule has 0 atom stereocenters. The number of nitrogens with one attached hydrogen (secondary N) is 1. The van der Waals surface area contributed by atoms with Crippen molar-refractivity contribution in [2.24, 2.45) is 0 Å². The van der Waals surface area contributed by atoms with Gasteiger partial charge in [0, 0.05) is 5.69 Å². The molecule has 0 saturated heterocycles. The first-order valence-electron chi connectivity index (χ1n) is 5.10. The second-order valence-electron chi connectivity index (χ2n) is 3.68. The lowest BCUT2D eigenvalue weighted by Gasteiger charge is -2.10. The average Bonchev–Trinajstić information content (AvgIpc) is 2.28. The monoisotopic (exact) mass is 251 g/mol. The van der Waals surface area contributed by atoms with E-state index in [1.165, 1.54) is 0 Å². The van der Waals surface area contributed by atoms with Crippen molar-refractivity contribution in [1.29, 1.82) is 0 Å². The predicted molar refractivity (Wildman–Crippen MR) is 66.2 cm³/mol. The number of rotatable bonds is 2. The predicted octanol–water partition coefficient (Wildman–Crippen LogP) is 3.63. The zero-order valence-corrected chi connectivity index (χ0v) is 10.2. The molecule has 0 aliphatic heterocycles. The van der Waals surface area contributed by atoms with Crippen molar-refractivity contribution in [3.8, 4) is 0 Å². The molecule has 0 fully saturated rings. The van der Waals surface area contributed by atoms with Crippen molar-refractivity contribution in [3.63, 3.8) is 0 Å². The van der Waals surface area contributed by atoms with Gasteiger partial charge >= 0.3 is 0 Å². The Morgan fingerprint density at radius 1 is 1.18 bits per heavy atom. The normalized spacial score (nSPS) is 10.4. The summed E-state index contributed by atoms with van der Waals surface area (Å²) in [6.45, 7) is 3.47. The molecule has 0 unspecified atom stereocenters. The zero-order valence-electron chi connectivity index (χ0n) is 9.46. The van der Waals surface area contributed by atoms with Gasteiger partial charge in [-0.2, -0.15) is 4.98 Å². The van der Waals surface area contributed by atoms with Crippen LogP contribution >= 0.6 is 11.6 Å². The Bertz CT molecular complexity index is 557. The van der Waals surface area contributed by atoms with Crippen LogP contribution < -0.4 is 5.32 Å². The van der Waals surface area contributed by atoms with Crippen LogP contribution in [0.1, 0.15) is 11.3 Å². The van der Waals surface area contributed by atoms with E-state index in [-0.39, 0.29) is 16.8 Å². The molecule has 1 aromatic carbocycles. The summed E-state index contributed by atoms with van der Waals surface area (Å²) in [7, 11) is 0. The SMILES string of the molecule is Cc1ccccc1Nc1nc(Cl)nc(C)c1F. The van der Waals surface area contributed by atoms with Crippen LogP contribution in [-0.4, -0.2) is 9.97 Å². The van der Waals surface area contributed by atoms with E-state index in [0.717, 1.165) is 11.3 Å². The van der Waals surface area contributed by atoms with Gasteiger partial charge in [0.25, 0.3) is 0 Å². The Labute approximate surface area is 104 Å². The molecule has 0 aliphatic rings. The number of halogens is 2. The lowest BCUT2D eigenvalue weighted by molar-refractivity contribution is 0.607. The molecule has 0 radical (unpaired) electrons. The number of para-hydroxylation sites is 1. The number of anilines is 2. The van der Waals surface area contributed by atoms with Crippen LogP contribution in [0.25, 0.3) is 0 Å². The highest BCUT2D eigenvalue weighted by atomic mass is 35.5. The Kier molecular flexibility index (Phi) is 3.24. The fourth-order valence-corrected chi connectivity index (χ4v) is 1.66. The third kappa shape index (κ3) is 2.53. The smallest absolute Gasteiger partial charge is 0.224 e. The first-order chi connectivity index (χ1) is 8.08. The maximum Gasteiger partial charge on any atom is 0.224 e. The Hall–Kier alpha value is -1.68. The largest absolute Gasteiger partial charge is 0.337 e. The minimum atomic E-state index is -0.488.